The molecule has 1 aliphatic heterocycles. The van der Waals surface area contributed by atoms with E-state index in [-0.39, 0.29) is 23.6 Å². The number of aromatic nitrogens is 2. The number of carbonyl (C=O) groups excluding carboxylic acids is 3. The van der Waals surface area contributed by atoms with Crippen molar-refractivity contribution >= 4 is 23.4 Å². The molecule has 2 aromatic rings. The van der Waals surface area contributed by atoms with E-state index < -0.39 is 18.1 Å². The molecule has 3 amide bonds. The van der Waals surface area contributed by atoms with Gasteiger partial charge in [-0.25, -0.2) is 0 Å². The molecule has 3 atom stereocenters. The van der Waals surface area contributed by atoms with Crippen LogP contribution < -0.4 is 16.0 Å². The molecule has 1 aromatic heterocycles. The van der Waals surface area contributed by atoms with Crippen molar-refractivity contribution in [2.45, 2.75) is 70.0 Å². The molecule has 1 aliphatic carbocycles. The maximum Gasteiger partial charge on any atom is 0.247 e. The van der Waals surface area contributed by atoms with E-state index in [1.165, 1.54) is 0 Å². The molecular formula is C26H36N6O3. The predicted octanol–water partition coefficient (Wildman–Crippen LogP) is 2.68. The van der Waals surface area contributed by atoms with E-state index >= 15 is 0 Å². The van der Waals surface area contributed by atoms with E-state index in [0.717, 1.165) is 44.1 Å². The minimum Gasteiger partial charge on any atom is -0.343 e. The fraction of sp³-hybridized carbons (Fsp3) is 0.538. The number of benzene rings is 1. The molecule has 1 saturated carbocycles. The van der Waals surface area contributed by atoms with Gasteiger partial charge >= 0.3 is 0 Å². The summed E-state index contributed by atoms with van der Waals surface area (Å²) in [6.45, 7) is 2.29. The number of nitrogens with zero attached hydrogens (tertiary/aromatic N) is 2. The van der Waals surface area contributed by atoms with E-state index in [4.69, 9.17) is 0 Å². The zero-order valence-corrected chi connectivity index (χ0v) is 20.5. The van der Waals surface area contributed by atoms with E-state index in [9.17, 15) is 14.4 Å². The van der Waals surface area contributed by atoms with Crippen molar-refractivity contribution in [2.24, 2.45) is 5.92 Å². The van der Waals surface area contributed by atoms with Crippen molar-refractivity contribution in [1.82, 2.24) is 25.7 Å². The monoisotopic (exact) mass is 480 g/mol. The highest BCUT2D eigenvalue weighted by Crippen LogP contribution is 2.30. The van der Waals surface area contributed by atoms with Gasteiger partial charge in [0.25, 0.3) is 0 Å². The van der Waals surface area contributed by atoms with Crippen LogP contribution in [0, 0.1) is 5.92 Å². The first kappa shape index (κ1) is 24.9. The van der Waals surface area contributed by atoms with E-state index in [1.54, 1.807) is 25.1 Å². The smallest absolute Gasteiger partial charge is 0.247 e. The molecule has 2 fully saturated rings. The molecule has 2 heterocycles. The zero-order chi connectivity index (χ0) is 24.8. The van der Waals surface area contributed by atoms with Crippen LogP contribution in [0.4, 0.5) is 5.69 Å². The first-order valence-corrected chi connectivity index (χ1v) is 12.7. The topological polar surface area (TPSA) is 119 Å². The first-order chi connectivity index (χ1) is 17.0. The number of likely N-dealkylation sites (tertiary alicyclic amines) is 1. The molecule has 0 spiro atoms. The van der Waals surface area contributed by atoms with Gasteiger partial charge in [0.05, 0.1) is 11.7 Å². The predicted molar refractivity (Wildman–Crippen MR) is 134 cm³/mol. The summed E-state index contributed by atoms with van der Waals surface area (Å²) < 4.78 is 0. The Morgan fingerprint density at radius 1 is 1.06 bits per heavy atom. The van der Waals surface area contributed by atoms with E-state index in [1.807, 2.05) is 30.3 Å². The molecule has 0 radical (unpaired) electrons. The second-order valence-electron chi connectivity index (χ2n) is 9.59. The molecule has 9 nitrogen and oxygen atoms in total. The molecule has 4 rings (SSSR count). The summed E-state index contributed by atoms with van der Waals surface area (Å²) in [6.07, 6.45) is 8.08. The van der Waals surface area contributed by atoms with Crippen LogP contribution >= 0.6 is 0 Å². The Hall–Kier alpha value is -3.20. The summed E-state index contributed by atoms with van der Waals surface area (Å²) >= 11 is 0. The molecule has 0 unspecified atom stereocenters. The summed E-state index contributed by atoms with van der Waals surface area (Å²) in [5, 5.41) is 16.1. The number of anilines is 1. The van der Waals surface area contributed by atoms with Crippen LogP contribution in [0.3, 0.4) is 0 Å². The van der Waals surface area contributed by atoms with Gasteiger partial charge in [0.1, 0.15) is 17.8 Å². The van der Waals surface area contributed by atoms with Crippen LogP contribution in [0.25, 0.3) is 11.3 Å². The normalized spacial score (nSPS) is 20.3. The van der Waals surface area contributed by atoms with Crippen LogP contribution in [0.5, 0.6) is 0 Å². The lowest BCUT2D eigenvalue weighted by molar-refractivity contribution is -0.142. The Morgan fingerprint density at radius 2 is 1.80 bits per heavy atom. The van der Waals surface area contributed by atoms with Gasteiger partial charge in [-0.05, 0) is 45.6 Å². The summed E-state index contributed by atoms with van der Waals surface area (Å²) in [5.74, 6) is -0.483. The van der Waals surface area contributed by atoms with Gasteiger partial charge in [0.15, 0.2) is 0 Å². The maximum atomic E-state index is 13.8. The molecule has 0 bridgehead atoms. The van der Waals surface area contributed by atoms with E-state index in [0.29, 0.717) is 24.3 Å². The van der Waals surface area contributed by atoms with Gasteiger partial charge in [-0.2, -0.15) is 5.10 Å². The Labute approximate surface area is 206 Å². The largest absolute Gasteiger partial charge is 0.343 e. The van der Waals surface area contributed by atoms with Crippen LogP contribution in [0.2, 0.25) is 0 Å². The molecule has 9 heteroatoms. The van der Waals surface area contributed by atoms with Gasteiger partial charge < -0.3 is 20.9 Å². The summed E-state index contributed by atoms with van der Waals surface area (Å²) in [6, 6.07) is 8.04. The summed E-state index contributed by atoms with van der Waals surface area (Å²) in [4.78, 5) is 41.5. The van der Waals surface area contributed by atoms with Crippen molar-refractivity contribution in [1.29, 1.82) is 0 Å². The number of likely N-dealkylation sites (N-methyl/N-ethyl adjacent to an activating group) is 1. The quantitative estimate of drug-likeness (QED) is 0.463. The number of nitrogens with one attached hydrogen (secondary N) is 4. The molecule has 4 N–H and O–H groups in total. The van der Waals surface area contributed by atoms with Gasteiger partial charge in [0.2, 0.25) is 17.7 Å². The number of hydrogen-bond donors (Lipinski definition) is 4. The Bertz CT molecular complexity index is 1020. The zero-order valence-electron chi connectivity index (χ0n) is 20.5. The average Bonchev–Trinajstić information content (AvgIpc) is 3.57. The lowest BCUT2D eigenvalue weighted by atomic mass is 9.83. The Kier molecular flexibility index (Phi) is 8.17. The summed E-state index contributed by atoms with van der Waals surface area (Å²) in [7, 11) is 1.72. The maximum absolute atomic E-state index is 13.8. The second-order valence-corrected chi connectivity index (χ2v) is 9.59. The molecule has 1 aromatic carbocycles. The van der Waals surface area contributed by atoms with Gasteiger partial charge in [-0.3, -0.25) is 19.5 Å². The van der Waals surface area contributed by atoms with Crippen LogP contribution in [0.1, 0.15) is 51.9 Å². The van der Waals surface area contributed by atoms with Crippen LogP contribution in [0.15, 0.2) is 36.5 Å². The number of carbonyl (C=O) groups is 3. The van der Waals surface area contributed by atoms with Crippen molar-refractivity contribution in [3.05, 3.63) is 36.5 Å². The third-order valence-corrected chi connectivity index (χ3v) is 7.30. The number of amides is 3. The Balaban J connectivity index is 1.50. The highest BCUT2D eigenvalue weighted by molar-refractivity contribution is 6.00. The third-order valence-electron chi connectivity index (χ3n) is 7.30. The molecule has 1 saturated heterocycles. The minimum absolute atomic E-state index is 0.0899. The number of H-pyrrole nitrogens is 1. The SMILES string of the molecule is CN[C@@H](C)C(=O)N[C@H](C(=O)N1CCC[C@H]1C(=O)Nc1c[nH]nc1-c1ccccc1)C1CCCCC1. The van der Waals surface area contributed by atoms with Crippen molar-refractivity contribution in [3.8, 4) is 11.3 Å². The lowest BCUT2D eigenvalue weighted by Crippen LogP contribution is -2.57. The molecular weight excluding hydrogens is 444 g/mol. The van der Waals surface area contributed by atoms with E-state index in [2.05, 4.69) is 26.1 Å². The van der Waals surface area contributed by atoms with Gasteiger partial charge in [0, 0.05) is 18.3 Å². The fourth-order valence-corrected chi connectivity index (χ4v) is 5.16. The van der Waals surface area contributed by atoms with Crippen LogP contribution in [-0.2, 0) is 14.4 Å². The minimum atomic E-state index is -0.610. The summed E-state index contributed by atoms with van der Waals surface area (Å²) in [5.41, 5.74) is 2.13. The van der Waals surface area contributed by atoms with Crippen molar-refractivity contribution in [2.75, 3.05) is 18.9 Å². The fourth-order valence-electron chi connectivity index (χ4n) is 5.16. The molecule has 188 valence electrons. The van der Waals surface area contributed by atoms with Gasteiger partial charge in [-0.1, -0.05) is 49.6 Å². The van der Waals surface area contributed by atoms with Crippen LogP contribution in [-0.4, -0.2) is 64.5 Å². The number of aromatic amines is 1. The molecule has 2 aliphatic rings. The highest BCUT2D eigenvalue weighted by atomic mass is 16.2. The van der Waals surface area contributed by atoms with Crippen molar-refractivity contribution in [3.63, 3.8) is 0 Å². The van der Waals surface area contributed by atoms with Crippen molar-refractivity contribution < 1.29 is 14.4 Å². The number of hydrogen-bond acceptors (Lipinski definition) is 5. The lowest BCUT2D eigenvalue weighted by Gasteiger charge is -2.35. The highest BCUT2D eigenvalue weighted by Gasteiger charge is 2.41. The second kappa shape index (κ2) is 11.5. The molecule has 35 heavy (non-hydrogen) atoms. The average molecular weight is 481 g/mol. The first-order valence-electron chi connectivity index (χ1n) is 12.7. The number of rotatable bonds is 8. The third kappa shape index (κ3) is 5.73. The standard InChI is InChI=1S/C26H36N6O3/c1-17(27-2)24(33)30-23(19-12-7-4-8-13-19)26(35)32-15-9-14-21(32)25(34)29-20-16-28-31-22(20)18-10-5-3-6-11-18/h3,5-6,10-11,16-17,19,21,23,27H,4,7-9,12-15H2,1-2H3,(H,28,31)(H,29,34)(H,30,33)/t17-,21-,23-/m0/s1. The Morgan fingerprint density at radius 3 is 2.51 bits per heavy atom. The van der Waals surface area contributed by atoms with Gasteiger partial charge in [-0.15, -0.1) is 0 Å².